The van der Waals surface area contributed by atoms with Crippen LogP contribution < -0.4 is 5.32 Å². The molecule has 1 nitrogen and oxygen atoms in total. The molecule has 0 bridgehead atoms. The minimum Gasteiger partial charge on any atom is -0.307 e. The first-order chi connectivity index (χ1) is 10.1. The van der Waals surface area contributed by atoms with Crippen molar-refractivity contribution in [3.05, 3.63) is 68.6 Å². The van der Waals surface area contributed by atoms with Crippen molar-refractivity contribution in [1.82, 2.24) is 5.32 Å². The third-order valence-electron chi connectivity index (χ3n) is 4.34. The van der Waals surface area contributed by atoms with Crippen molar-refractivity contribution in [3.8, 4) is 0 Å². The molecular formula is C18H19Br2N. The zero-order valence-electron chi connectivity index (χ0n) is 12.0. The summed E-state index contributed by atoms with van der Waals surface area (Å²) < 4.78 is 2.38. The highest BCUT2D eigenvalue weighted by Crippen LogP contribution is 2.40. The molecule has 0 aliphatic heterocycles. The van der Waals surface area contributed by atoms with Gasteiger partial charge in [0.15, 0.2) is 0 Å². The molecule has 1 N–H and O–H groups in total. The zero-order valence-corrected chi connectivity index (χ0v) is 15.2. The molecule has 21 heavy (non-hydrogen) atoms. The molecule has 3 rings (SSSR count). The Bertz CT molecular complexity index is 603. The van der Waals surface area contributed by atoms with E-state index in [0.717, 1.165) is 4.47 Å². The summed E-state index contributed by atoms with van der Waals surface area (Å²) in [6, 6.07) is 18.2. The molecule has 2 aromatic rings. The zero-order chi connectivity index (χ0) is 14.8. The van der Waals surface area contributed by atoms with Crippen molar-refractivity contribution in [2.45, 2.75) is 37.8 Å². The van der Waals surface area contributed by atoms with Crippen LogP contribution in [-0.2, 0) is 0 Å². The summed E-state index contributed by atoms with van der Waals surface area (Å²) in [5, 5.41) is 3.74. The summed E-state index contributed by atoms with van der Waals surface area (Å²) in [4.78, 5) is 0. The van der Waals surface area contributed by atoms with Crippen molar-refractivity contribution >= 4 is 31.9 Å². The third kappa shape index (κ3) is 3.58. The van der Waals surface area contributed by atoms with Crippen LogP contribution in [-0.4, -0.2) is 6.04 Å². The van der Waals surface area contributed by atoms with Gasteiger partial charge in [0.2, 0.25) is 0 Å². The molecule has 110 valence electrons. The third-order valence-corrected chi connectivity index (χ3v) is 5.59. The van der Waals surface area contributed by atoms with E-state index in [0.29, 0.717) is 18.0 Å². The van der Waals surface area contributed by atoms with Crippen LogP contribution in [0.3, 0.4) is 0 Å². The van der Waals surface area contributed by atoms with Crippen molar-refractivity contribution in [2.75, 3.05) is 0 Å². The van der Waals surface area contributed by atoms with E-state index >= 15 is 0 Å². The van der Waals surface area contributed by atoms with E-state index in [1.165, 1.54) is 28.4 Å². The highest BCUT2D eigenvalue weighted by molar-refractivity contribution is 9.10. The van der Waals surface area contributed by atoms with Crippen molar-refractivity contribution in [1.29, 1.82) is 0 Å². The van der Waals surface area contributed by atoms with E-state index in [1.54, 1.807) is 0 Å². The van der Waals surface area contributed by atoms with Gasteiger partial charge in [0.25, 0.3) is 0 Å². The van der Waals surface area contributed by atoms with Gasteiger partial charge in [0, 0.05) is 21.0 Å². The Balaban J connectivity index is 1.55. The second-order valence-corrected chi connectivity index (χ2v) is 7.60. The van der Waals surface area contributed by atoms with Gasteiger partial charge in [-0.15, -0.1) is 0 Å². The predicted molar refractivity (Wildman–Crippen MR) is 95.6 cm³/mol. The van der Waals surface area contributed by atoms with Crippen molar-refractivity contribution in [2.24, 2.45) is 0 Å². The van der Waals surface area contributed by atoms with Crippen LogP contribution in [0.5, 0.6) is 0 Å². The molecule has 3 heteroatoms. The second kappa shape index (κ2) is 6.64. The molecule has 0 aromatic heterocycles. The number of hydrogen-bond donors (Lipinski definition) is 1. The molecule has 0 saturated heterocycles. The number of rotatable bonds is 4. The number of benzene rings is 2. The largest absolute Gasteiger partial charge is 0.307 e. The average Bonchev–Trinajstić information content (AvgIpc) is 2.44. The summed E-state index contributed by atoms with van der Waals surface area (Å²) in [6.07, 6.45) is 2.45. The molecule has 0 heterocycles. The lowest BCUT2D eigenvalue weighted by Gasteiger charge is -2.38. The van der Waals surface area contributed by atoms with Gasteiger partial charge in [-0.1, -0.05) is 62.2 Å². The SMILES string of the molecule is C[C@@H](NC1CC(c2ccccc2Br)C1)c1ccc(Br)cc1. The van der Waals surface area contributed by atoms with E-state index in [9.17, 15) is 0 Å². The van der Waals surface area contributed by atoms with Gasteiger partial charge < -0.3 is 5.32 Å². The standard InChI is InChI=1S/C18H19Br2N/c1-12(13-6-8-15(19)9-7-13)21-16-10-14(11-16)17-4-2-3-5-18(17)20/h2-9,12,14,16,21H,10-11H2,1H3/t12-,14?,16?/m1/s1. The maximum Gasteiger partial charge on any atom is 0.0294 e. The van der Waals surface area contributed by atoms with Gasteiger partial charge in [-0.25, -0.2) is 0 Å². The number of nitrogens with one attached hydrogen (secondary N) is 1. The highest BCUT2D eigenvalue weighted by Gasteiger charge is 2.31. The van der Waals surface area contributed by atoms with Gasteiger partial charge in [-0.3, -0.25) is 0 Å². The Labute approximate surface area is 143 Å². The predicted octanol–water partition coefficient (Wildman–Crippen LogP) is 5.81. The van der Waals surface area contributed by atoms with E-state index in [2.05, 4.69) is 92.6 Å². The maximum absolute atomic E-state index is 3.74. The fraction of sp³-hybridized carbons (Fsp3) is 0.333. The fourth-order valence-electron chi connectivity index (χ4n) is 3.02. The van der Waals surface area contributed by atoms with Gasteiger partial charge in [0.05, 0.1) is 0 Å². The number of halogens is 2. The Morgan fingerprint density at radius 2 is 1.67 bits per heavy atom. The molecule has 0 spiro atoms. The van der Waals surface area contributed by atoms with E-state index in [-0.39, 0.29) is 0 Å². The summed E-state index contributed by atoms with van der Waals surface area (Å²) in [6.45, 7) is 2.25. The van der Waals surface area contributed by atoms with E-state index in [1.807, 2.05) is 0 Å². The van der Waals surface area contributed by atoms with Gasteiger partial charge in [0.1, 0.15) is 0 Å². The Morgan fingerprint density at radius 1 is 1.00 bits per heavy atom. The lowest BCUT2D eigenvalue weighted by atomic mass is 9.75. The van der Waals surface area contributed by atoms with Gasteiger partial charge >= 0.3 is 0 Å². The van der Waals surface area contributed by atoms with Crippen LogP contribution in [0.2, 0.25) is 0 Å². The molecule has 1 atom stereocenters. The first-order valence-electron chi connectivity index (χ1n) is 7.39. The van der Waals surface area contributed by atoms with Crippen LogP contribution in [0.1, 0.15) is 42.9 Å². The highest BCUT2D eigenvalue weighted by atomic mass is 79.9. The first-order valence-corrected chi connectivity index (χ1v) is 8.98. The smallest absolute Gasteiger partial charge is 0.0294 e. The molecule has 0 amide bonds. The van der Waals surface area contributed by atoms with Crippen molar-refractivity contribution < 1.29 is 0 Å². The normalized spacial score (nSPS) is 22.6. The minimum absolute atomic E-state index is 0.406. The topological polar surface area (TPSA) is 12.0 Å². The summed E-state index contributed by atoms with van der Waals surface area (Å²) in [5.74, 6) is 0.690. The summed E-state index contributed by atoms with van der Waals surface area (Å²) in [5.41, 5.74) is 2.80. The minimum atomic E-state index is 0.406. The molecule has 2 aromatic carbocycles. The van der Waals surface area contributed by atoms with Gasteiger partial charge in [-0.05, 0) is 55.0 Å². The lowest BCUT2D eigenvalue weighted by Crippen LogP contribution is -2.41. The first kappa shape index (κ1) is 15.3. The summed E-state index contributed by atoms with van der Waals surface area (Å²) in [7, 11) is 0. The van der Waals surface area contributed by atoms with Crippen LogP contribution in [0.25, 0.3) is 0 Å². The fourth-order valence-corrected chi connectivity index (χ4v) is 3.89. The quantitative estimate of drug-likeness (QED) is 0.673. The Morgan fingerprint density at radius 3 is 2.33 bits per heavy atom. The van der Waals surface area contributed by atoms with Gasteiger partial charge in [-0.2, -0.15) is 0 Å². The second-order valence-electron chi connectivity index (χ2n) is 5.83. The van der Waals surface area contributed by atoms with Crippen LogP contribution in [0.4, 0.5) is 0 Å². The summed E-state index contributed by atoms with van der Waals surface area (Å²) >= 11 is 7.15. The Kier molecular flexibility index (Phi) is 4.82. The Hall–Kier alpha value is -0.640. The number of hydrogen-bond acceptors (Lipinski definition) is 1. The molecular weight excluding hydrogens is 390 g/mol. The molecule has 0 unspecified atom stereocenters. The lowest BCUT2D eigenvalue weighted by molar-refractivity contribution is 0.270. The van der Waals surface area contributed by atoms with E-state index < -0.39 is 0 Å². The average molecular weight is 409 g/mol. The maximum atomic E-state index is 3.74. The van der Waals surface area contributed by atoms with Crippen LogP contribution in [0.15, 0.2) is 57.5 Å². The molecule has 1 aliphatic carbocycles. The molecule has 1 fully saturated rings. The van der Waals surface area contributed by atoms with Crippen LogP contribution >= 0.6 is 31.9 Å². The molecule has 1 saturated carbocycles. The van der Waals surface area contributed by atoms with E-state index in [4.69, 9.17) is 0 Å². The molecule has 1 aliphatic rings. The monoisotopic (exact) mass is 407 g/mol. The van der Waals surface area contributed by atoms with Crippen LogP contribution in [0, 0.1) is 0 Å². The van der Waals surface area contributed by atoms with Crippen molar-refractivity contribution in [3.63, 3.8) is 0 Å². The molecule has 0 radical (unpaired) electrons.